The molecule has 152 valence electrons. The van der Waals surface area contributed by atoms with Crippen molar-refractivity contribution < 1.29 is 13.2 Å². The van der Waals surface area contributed by atoms with Crippen LogP contribution in [-0.2, 0) is 21.4 Å². The van der Waals surface area contributed by atoms with E-state index >= 15 is 0 Å². The number of benzene rings is 1. The number of hydrogen-bond donors (Lipinski definition) is 1. The summed E-state index contributed by atoms with van der Waals surface area (Å²) in [6.45, 7) is 7.41. The number of nitrogens with one attached hydrogen (secondary N) is 1. The Labute approximate surface area is 166 Å². The summed E-state index contributed by atoms with van der Waals surface area (Å²) in [5.74, 6) is -0.0871. The second kappa shape index (κ2) is 8.45. The molecule has 3 rings (SSSR count). The molecule has 8 heteroatoms. The van der Waals surface area contributed by atoms with Crippen molar-refractivity contribution >= 4 is 21.6 Å². The van der Waals surface area contributed by atoms with E-state index in [1.165, 1.54) is 22.4 Å². The van der Waals surface area contributed by atoms with Gasteiger partial charge in [0, 0.05) is 31.5 Å². The largest absolute Gasteiger partial charge is 0.336 e. The number of sulfonamides is 1. The standard InChI is InChI=1S/C20H28N4O3S/c1-4-23-13-19(21-14-23)28(26,27)24-11-5-6-17(12-24)20(25)22-18-9-7-16(8-10-18)15(2)3/h7-10,13-15,17H,4-6,11-12H2,1-3H3,(H,22,25)/t17-/m0/s1. The first kappa shape index (κ1) is 20.5. The summed E-state index contributed by atoms with van der Waals surface area (Å²) in [5, 5.41) is 2.96. The van der Waals surface area contributed by atoms with E-state index in [1.807, 2.05) is 31.2 Å². The zero-order valence-electron chi connectivity index (χ0n) is 16.6. The Kier molecular flexibility index (Phi) is 6.20. The van der Waals surface area contributed by atoms with Gasteiger partial charge in [0.05, 0.1) is 12.2 Å². The van der Waals surface area contributed by atoms with Crippen LogP contribution in [0.3, 0.4) is 0 Å². The van der Waals surface area contributed by atoms with Gasteiger partial charge in [-0.3, -0.25) is 4.79 Å². The number of aryl methyl sites for hydroxylation is 1. The van der Waals surface area contributed by atoms with E-state index in [4.69, 9.17) is 0 Å². The molecule has 0 aliphatic carbocycles. The Morgan fingerprint density at radius 2 is 2.00 bits per heavy atom. The number of amides is 1. The van der Waals surface area contributed by atoms with Crippen LogP contribution in [-0.4, -0.2) is 41.3 Å². The second-order valence-electron chi connectivity index (χ2n) is 7.51. The Morgan fingerprint density at radius 3 is 2.61 bits per heavy atom. The Balaban J connectivity index is 1.67. The van der Waals surface area contributed by atoms with Gasteiger partial charge in [0.25, 0.3) is 10.0 Å². The van der Waals surface area contributed by atoms with Crippen LogP contribution >= 0.6 is 0 Å². The predicted octanol–water partition coefficient (Wildman–Crippen LogP) is 3.07. The fourth-order valence-corrected chi connectivity index (χ4v) is 4.81. The molecular formula is C20H28N4O3S. The van der Waals surface area contributed by atoms with Gasteiger partial charge in [-0.05, 0) is 43.4 Å². The smallest absolute Gasteiger partial charge is 0.262 e. The van der Waals surface area contributed by atoms with Crippen LogP contribution in [0.4, 0.5) is 5.69 Å². The number of carbonyl (C=O) groups is 1. The highest BCUT2D eigenvalue weighted by Crippen LogP contribution is 2.24. The molecule has 0 unspecified atom stereocenters. The fourth-order valence-electron chi connectivity index (χ4n) is 3.35. The van der Waals surface area contributed by atoms with Crippen LogP contribution in [0.1, 0.15) is 45.1 Å². The summed E-state index contributed by atoms with van der Waals surface area (Å²) >= 11 is 0. The van der Waals surface area contributed by atoms with Crippen LogP contribution in [0.5, 0.6) is 0 Å². The number of rotatable bonds is 6. The molecule has 28 heavy (non-hydrogen) atoms. The molecule has 1 fully saturated rings. The minimum Gasteiger partial charge on any atom is -0.336 e. The molecule has 0 bridgehead atoms. The highest BCUT2D eigenvalue weighted by atomic mass is 32.2. The van der Waals surface area contributed by atoms with Crippen molar-refractivity contribution in [2.75, 3.05) is 18.4 Å². The quantitative estimate of drug-likeness (QED) is 0.802. The fraction of sp³-hybridized carbons (Fsp3) is 0.500. The van der Waals surface area contributed by atoms with Gasteiger partial charge >= 0.3 is 0 Å². The van der Waals surface area contributed by atoms with Crippen LogP contribution < -0.4 is 5.32 Å². The summed E-state index contributed by atoms with van der Waals surface area (Å²) < 4.78 is 28.8. The second-order valence-corrected chi connectivity index (χ2v) is 9.40. The third-order valence-electron chi connectivity index (χ3n) is 5.18. The van der Waals surface area contributed by atoms with E-state index in [0.717, 1.165) is 5.69 Å². The highest BCUT2D eigenvalue weighted by Gasteiger charge is 2.34. The monoisotopic (exact) mass is 404 g/mol. The number of carbonyl (C=O) groups excluding carboxylic acids is 1. The van der Waals surface area contributed by atoms with Crippen molar-refractivity contribution in [3.63, 3.8) is 0 Å². The van der Waals surface area contributed by atoms with Crippen LogP contribution in [0.25, 0.3) is 0 Å². The minimum absolute atomic E-state index is 0.0414. The number of anilines is 1. The first-order valence-corrected chi connectivity index (χ1v) is 11.2. The van der Waals surface area contributed by atoms with E-state index < -0.39 is 10.0 Å². The maximum absolute atomic E-state index is 12.9. The molecule has 1 aliphatic heterocycles. The summed E-state index contributed by atoms with van der Waals surface area (Å²) in [5.41, 5.74) is 1.94. The van der Waals surface area contributed by atoms with Crippen LogP contribution in [0, 0.1) is 5.92 Å². The van der Waals surface area contributed by atoms with Crippen LogP contribution in [0.2, 0.25) is 0 Å². The Hall–Kier alpha value is -2.19. The van der Waals surface area contributed by atoms with Crippen molar-refractivity contribution in [2.45, 2.75) is 51.1 Å². The van der Waals surface area contributed by atoms with Gasteiger partial charge in [-0.15, -0.1) is 0 Å². The molecule has 1 aromatic heterocycles. The molecule has 1 aliphatic rings. The number of nitrogens with zero attached hydrogens (tertiary/aromatic N) is 3. The van der Waals surface area contributed by atoms with Crippen molar-refractivity contribution in [3.05, 3.63) is 42.4 Å². The van der Waals surface area contributed by atoms with Crippen molar-refractivity contribution in [2.24, 2.45) is 5.92 Å². The maximum Gasteiger partial charge on any atom is 0.262 e. The van der Waals surface area contributed by atoms with E-state index in [-0.39, 0.29) is 23.4 Å². The lowest BCUT2D eigenvalue weighted by Gasteiger charge is -2.30. The lowest BCUT2D eigenvalue weighted by atomic mass is 9.98. The summed E-state index contributed by atoms with van der Waals surface area (Å²) in [6.07, 6.45) is 4.38. The molecule has 1 aromatic carbocycles. The lowest BCUT2D eigenvalue weighted by molar-refractivity contribution is -0.120. The molecule has 0 radical (unpaired) electrons. The van der Waals surface area contributed by atoms with Crippen molar-refractivity contribution in [1.29, 1.82) is 0 Å². The SMILES string of the molecule is CCn1cnc(S(=O)(=O)N2CCC[C@H](C(=O)Nc3ccc(C(C)C)cc3)C2)c1. The first-order valence-electron chi connectivity index (χ1n) is 9.74. The van der Waals surface area contributed by atoms with Gasteiger partial charge in [0.15, 0.2) is 5.03 Å². The van der Waals surface area contributed by atoms with E-state index in [1.54, 1.807) is 4.57 Å². The Morgan fingerprint density at radius 1 is 1.29 bits per heavy atom. The molecule has 0 saturated carbocycles. The zero-order valence-corrected chi connectivity index (χ0v) is 17.4. The molecule has 2 heterocycles. The maximum atomic E-state index is 12.9. The number of hydrogen-bond acceptors (Lipinski definition) is 4. The molecule has 1 saturated heterocycles. The van der Waals surface area contributed by atoms with E-state index in [9.17, 15) is 13.2 Å². The third-order valence-corrected chi connectivity index (χ3v) is 6.93. The normalized spacial score (nSPS) is 18.4. The van der Waals surface area contributed by atoms with E-state index in [0.29, 0.717) is 31.8 Å². The molecule has 1 amide bonds. The topological polar surface area (TPSA) is 84.3 Å². The average molecular weight is 405 g/mol. The molecule has 1 N–H and O–H groups in total. The third kappa shape index (κ3) is 4.44. The van der Waals surface area contributed by atoms with Crippen molar-refractivity contribution in [1.82, 2.24) is 13.9 Å². The first-order chi connectivity index (χ1) is 13.3. The highest BCUT2D eigenvalue weighted by molar-refractivity contribution is 7.89. The minimum atomic E-state index is -3.68. The predicted molar refractivity (Wildman–Crippen MR) is 109 cm³/mol. The van der Waals surface area contributed by atoms with Gasteiger partial charge in [0.2, 0.25) is 5.91 Å². The number of aromatic nitrogens is 2. The van der Waals surface area contributed by atoms with Crippen LogP contribution in [0.15, 0.2) is 41.8 Å². The molecule has 7 nitrogen and oxygen atoms in total. The summed E-state index contributed by atoms with van der Waals surface area (Å²) in [7, 11) is -3.68. The molecule has 1 atom stereocenters. The van der Waals surface area contributed by atoms with E-state index in [2.05, 4.69) is 24.1 Å². The zero-order chi connectivity index (χ0) is 20.3. The molecule has 2 aromatic rings. The van der Waals surface area contributed by atoms with Gasteiger partial charge < -0.3 is 9.88 Å². The van der Waals surface area contributed by atoms with Gasteiger partial charge in [-0.25, -0.2) is 13.4 Å². The summed E-state index contributed by atoms with van der Waals surface area (Å²) in [6, 6.07) is 7.79. The Bertz CT molecular complexity index is 919. The number of piperidine rings is 1. The van der Waals surface area contributed by atoms with Gasteiger partial charge in [-0.1, -0.05) is 26.0 Å². The molecular weight excluding hydrogens is 376 g/mol. The van der Waals surface area contributed by atoms with Crippen molar-refractivity contribution in [3.8, 4) is 0 Å². The lowest BCUT2D eigenvalue weighted by Crippen LogP contribution is -2.43. The van der Waals surface area contributed by atoms with Gasteiger partial charge in [0.1, 0.15) is 0 Å². The van der Waals surface area contributed by atoms with Gasteiger partial charge in [-0.2, -0.15) is 4.31 Å². The average Bonchev–Trinajstić information content (AvgIpc) is 3.18. The molecule has 0 spiro atoms. The summed E-state index contributed by atoms with van der Waals surface area (Å²) in [4.78, 5) is 16.7. The number of imidazole rings is 1.